The SMILES string of the molecule is CCCC(CCCC(=O)CCC(C)(C)C)CCCC1CCN(C(=O)CCN(C)CCCN(C)C(C)C)CC1. The second-order valence-electron chi connectivity index (χ2n) is 13.9. The Morgan fingerprint density at radius 1 is 0.868 bits per heavy atom. The molecular weight excluding hydrogens is 470 g/mol. The van der Waals surface area contributed by atoms with Gasteiger partial charge in [0, 0.05) is 44.9 Å². The van der Waals surface area contributed by atoms with E-state index >= 15 is 0 Å². The van der Waals surface area contributed by atoms with Gasteiger partial charge in [0.2, 0.25) is 5.91 Å². The normalized spacial score (nSPS) is 16.1. The molecule has 224 valence electrons. The zero-order valence-corrected chi connectivity index (χ0v) is 26.8. The van der Waals surface area contributed by atoms with Crippen LogP contribution in [0.4, 0.5) is 0 Å². The van der Waals surface area contributed by atoms with Crippen molar-refractivity contribution in [1.29, 1.82) is 0 Å². The summed E-state index contributed by atoms with van der Waals surface area (Å²) < 4.78 is 0. The summed E-state index contributed by atoms with van der Waals surface area (Å²) in [5.41, 5.74) is 0.255. The molecule has 5 heteroatoms. The Morgan fingerprint density at radius 2 is 1.53 bits per heavy atom. The summed E-state index contributed by atoms with van der Waals surface area (Å²) in [5, 5.41) is 0. The van der Waals surface area contributed by atoms with Crippen molar-refractivity contribution in [3.63, 3.8) is 0 Å². The van der Waals surface area contributed by atoms with Crippen molar-refractivity contribution in [3.05, 3.63) is 0 Å². The first-order valence-electron chi connectivity index (χ1n) is 16.1. The molecule has 1 fully saturated rings. The van der Waals surface area contributed by atoms with E-state index in [1.54, 1.807) is 0 Å². The lowest BCUT2D eigenvalue weighted by Crippen LogP contribution is -2.40. The molecule has 38 heavy (non-hydrogen) atoms. The molecule has 0 bridgehead atoms. The Kier molecular flexibility index (Phi) is 17.7. The highest BCUT2D eigenvalue weighted by atomic mass is 16.2. The van der Waals surface area contributed by atoms with E-state index in [0.29, 0.717) is 24.2 Å². The largest absolute Gasteiger partial charge is 0.343 e. The van der Waals surface area contributed by atoms with Gasteiger partial charge < -0.3 is 14.7 Å². The predicted molar refractivity (Wildman–Crippen MR) is 164 cm³/mol. The van der Waals surface area contributed by atoms with Crippen LogP contribution in [-0.2, 0) is 9.59 Å². The van der Waals surface area contributed by atoms with Gasteiger partial charge in [-0.05, 0) is 90.4 Å². The molecule has 1 rings (SSSR count). The number of hydrogen-bond acceptors (Lipinski definition) is 4. The average Bonchev–Trinajstić information content (AvgIpc) is 2.86. The average molecular weight is 536 g/mol. The third-order valence-corrected chi connectivity index (χ3v) is 8.75. The van der Waals surface area contributed by atoms with Gasteiger partial charge in [-0.25, -0.2) is 0 Å². The molecule has 5 nitrogen and oxygen atoms in total. The van der Waals surface area contributed by atoms with E-state index in [4.69, 9.17) is 0 Å². The maximum atomic E-state index is 12.8. The van der Waals surface area contributed by atoms with Crippen LogP contribution in [0.3, 0.4) is 0 Å². The number of hydrogen-bond donors (Lipinski definition) is 0. The van der Waals surface area contributed by atoms with Crippen molar-refractivity contribution in [1.82, 2.24) is 14.7 Å². The molecule has 1 atom stereocenters. The molecule has 0 aromatic heterocycles. The van der Waals surface area contributed by atoms with Crippen molar-refractivity contribution in [2.45, 2.75) is 137 Å². The van der Waals surface area contributed by atoms with E-state index in [1.165, 1.54) is 51.4 Å². The van der Waals surface area contributed by atoms with Crippen molar-refractivity contribution in [3.8, 4) is 0 Å². The molecular formula is C33H65N3O2. The fraction of sp³-hybridized carbons (Fsp3) is 0.939. The Morgan fingerprint density at radius 3 is 2.13 bits per heavy atom. The summed E-state index contributed by atoms with van der Waals surface area (Å²) in [5.74, 6) is 2.35. The van der Waals surface area contributed by atoms with E-state index in [2.05, 4.69) is 70.3 Å². The van der Waals surface area contributed by atoms with E-state index in [1.807, 2.05) is 0 Å². The third kappa shape index (κ3) is 16.9. The van der Waals surface area contributed by atoms with Crippen LogP contribution in [0.5, 0.6) is 0 Å². The summed E-state index contributed by atoms with van der Waals surface area (Å²) in [4.78, 5) is 31.8. The monoisotopic (exact) mass is 536 g/mol. The highest BCUT2D eigenvalue weighted by Gasteiger charge is 2.23. The Bertz CT molecular complexity index is 635. The third-order valence-electron chi connectivity index (χ3n) is 8.75. The topological polar surface area (TPSA) is 43.9 Å². The Hall–Kier alpha value is -0.940. The fourth-order valence-corrected chi connectivity index (χ4v) is 5.64. The van der Waals surface area contributed by atoms with Gasteiger partial charge in [-0.2, -0.15) is 0 Å². The van der Waals surface area contributed by atoms with Crippen LogP contribution in [0.25, 0.3) is 0 Å². The fourth-order valence-electron chi connectivity index (χ4n) is 5.64. The van der Waals surface area contributed by atoms with Gasteiger partial charge in [-0.15, -0.1) is 0 Å². The number of ketones is 1. The van der Waals surface area contributed by atoms with Gasteiger partial charge in [0.25, 0.3) is 0 Å². The van der Waals surface area contributed by atoms with Crippen LogP contribution in [0.2, 0.25) is 0 Å². The van der Waals surface area contributed by atoms with Crippen molar-refractivity contribution in [2.75, 3.05) is 46.8 Å². The zero-order chi connectivity index (χ0) is 28.6. The number of rotatable bonds is 20. The molecule has 1 saturated heterocycles. The molecule has 0 aromatic rings. The summed E-state index contributed by atoms with van der Waals surface area (Å²) in [6, 6.07) is 0.591. The van der Waals surface area contributed by atoms with Crippen LogP contribution in [0.15, 0.2) is 0 Å². The van der Waals surface area contributed by atoms with Gasteiger partial charge in [0.05, 0.1) is 0 Å². The highest BCUT2D eigenvalue weighted by Crippen LogP contribution is 2.27. The molecule has 0 saturated carbocycles. The lowest BCUT2D eigenvalue weighted by atomic mass is 9.86. The quantitative estimate of drug-likeness (QED) is 0.163. The van der Waals surface area contributed by atoms with Crippen molar-refractivity contribution >= 4 is 11.7 Å². The minimum Gasteiger partial charge on any atom is -0.343 e. The highest BCUT2D eigenvalue weighted by molar-refractivity contribution is 5.78. The molecule has 1 aliphatic heterocycles. The maximum Gasteiger partial charge on any atom is 0.223 e. The maximum absolute atomic E-state index is 12.8. The van der Waals surface area contributed by atoms with Crippen LogP contribution in [-0.4, -0.2) is 79.3 Å². The van der Waals surface area contributed by atoms with Crippen LogP contribution >= 0.6 is 0 Å². The summed E-state index contributed by atoms with van der Waals surface area (Å²) in [6.07, 6.45) is 15.4. The summed E-state index contributed by atoms with van der Waals surface area (Å²) in [7, 11) is 4.33. The predicted octanol–water partition coefficient (Wildman–Crippen LogP) is 7.43. The van der Waals surface area contributed by atoms with Gasteiger partial charge in [0.15, 0.2) is 0 Å². The molecule has 0 radical (unpaired) electrons. The van der Waals surface area contributed by atoms with Gasteiger partial charge >= 0.3 is 0 Å². The molecule has 1 heterocycles. The first kappa shape index (κ1) is 35.1. The minimum absolute atomic E-state index is 0.255. The minimum atomic E-state index is 0.255. The van der Waals surface area contributed by atoms with Crippen LogP contribution < -0.4 is 0 Å². The second kappa shape index (κ2) is 19.2. The first-order valence-corrected chi connectivity index (χ1v) is 16.1. The van der Waals surface area contributed by atoms with Crippen molar-refractivity contribution in [2.24, 2.45) is 17.3 Å². The molecule has 1 unspecified atom stereocenters. The second-order valence-corrected chi connectivity index (χ2v) is 13.9. The van der Waals surface area contributed by atoms with E-state index < -0.39 is 0 Å². The summed E-state index contributed by atoms with van der Waals surface area (Å²) in [6.45, 7) is 18.3. The number of Topliss-reactive ketones (excluding diaryl/α,β-unsaturated/α-hetero) is 1. The van der Waals surface area contributed by atoms with Gasteiger partial charge in [0.1, 0.15) is 5.78 Å². The molecule has 1 amide bonds. The molecule has 0 aliphatic carbocycles. The lowest BCUT2D eigenvalue weighted by molar-refractivity contribution is -0.133. The standard InChI is InChI=1S/C33H65N3O2/c1-9-13-29(16-11-17-31(37)18-22-33(4,5)6)14-10-15-30-19-26-36(27-20-30)32(38)21-25-34(7)23-12-24-35(8)28(2)3/h28-30H,9-27H2,1-8H3. The lowest BCUT2D eigenvalue weighted by Gasteiger charge is -2.33. The number of carbonyl (C=O) groups excluding carboxylic acids is 2. The van der Waals surface area contributed by atoms with E-state index in [9.17, 15) is 9.59 Å². The Labute approximate surface area is 237 Å². The van der Waals surface area contributed by atoms with Crippen LogP contribution in [0, 0.1) is 17.3 Å². The van der Waals surface area contributed by atoms with Gasteiger partial charge in [-0.3, -0.25) is 9.59 Å². The number of nitrogens with zero attached hydrogens (tertiary/aromatic N) is 3. The van der Waals surface area contributed by atoms with E-state index in [0.717, 1.165) is 76.7 Å². The Balaban J connectivity index is 2.19. The first-order chi connectivity index (χ1) is 17.9. The van der Waals surface area contributed by atoms with Crippen LogP contribution in [0.1, 0.15) is 131 Å². The molecule has 0 aromatic carbocycles. The number of likely N-dealkylation sites (tertiary alicyclic amines) is 1. The van der Waals surface area contributed by atoms with E-state index in [-0.39, 0.29) is 5.41 Å². The van der Waals surface area contributed by atoms with Gasteiger partial charge in [-0.1, -0.05) is 66.2 Å². The smallest absolute Gasteiger partial charge is 0.223 e. The molecule has 1 aliphatic rings. The number of piperidine rings is 1. The molecule has 0 N–H and O–H groups in total. The molecule has 0 spiro atoms. The number of carbonyl (C=O) groups is 2. The van der Waals surface area contributed by atoms with Crippen molar-refractivity contribution < 1.29 is 9.59 Å². The number of amides is 1. The summed E-state index contributed by atoms with van der Waals surface area (Å²) >= 11 is 0. The zero-order valence-electron chi connectivity index (χ0n) is 26.8.